The Morgan fingerprint density at radius 2 is 1.90 bits per heavy atom. The van der Waals surface area contributed by atoms with Crippen molar-refractivity contribution in [2.75, 3.05) is 0 Å². The van der Waals surface area contributed by atoms with Crippen LogP contribution in [-0.2, 0) is 12.8 Å². The van der Waals surface area contributed by atoms with Gasteiger partial charge in [-0.25, -0.2) is 0 Å². The van der Waals surface area contributed by atoms with Crippen LogP contribution in [0, 0.1) is 0 Å². The first-order valence-electron chi connectivity index (χ1n) is 7.34. The van der Waals surface area contributed by atoms with Gasteiger partial charge in [-0.3, -0.25) is 0 Å². The zero-order chi connectivity index (χ0) is 13.9. The molecule has 0 radical (unpaired) electrons. The number of rotatable bonds is 4. The molecule has 1 unspecified atom stereocenters. The molecule has 0 saturated carbocycles. The van der Waals surface area contributed by atoms with Crippen LogP contribution >= 0.6 is 0 Å². The van der Waals surface area contributed by atoms with Gasteiger partial charge < -0.3 is 9.84 Å². The van der Waals surface area contributed by atoms with Gasteiger partial charge in [-0.15, -0.1) is 0 Å². The molecule has 1 N–H and O–H groups in total. The van der Waals surface area contributed by atoms with Crippen molar-refractivity contribution < 1.29 is 9.84 Å². The van der Waals surface area contributed by atoms with Crippen molar-refractivity contribution in [1.29, 1.82) is 0 Å². The van der Waals surface area contributed by atoms with E-state index >= 15 is 0 Å². The van der Waals surface area contributed by atoms with Crippen LogP contribution in [0.1, 0.15) is 42.6 Å². The molecule has 0 amide bonds. The second-order valence-electron chi connectivity index (χ2n) is 5.35. The summed E-state index contributed by atoms with van der Waals surface area (Å²) in [7, 11) is 0. The van der Waals surface area contributed by atoms with Gasteiger partial charge in [0.1, 0.15) is 11.5 Å². The van der Waals surface area contributed by atoms with E-state index in [9.17, 15) is 5.11 Å². The van der Waals surface area contributed by atoms with Crippen LogP contribution in [-0.4, -0.2) is 5.11 Å². The van der Waals surface area contributed by atoms with E-state index in [4.69, 9.17) is 4.74 Å². The first-order chi connectivity index (χ1) is 9.78. The largest absolute Gasteiger partial charge is 0.457 e. The van der Waals surface area contributed by atoms with Gasteiger partial charge in [0.25, 0.3) is 0 Å². The fraction of sp³-hybridized carbons (Fsp3) is 0.333. The first kappa shape index (κ1) is 13.2. The fourth-order valence-electron chi connectivity index (χ4n) is 2.81. The molecule has 0 bridgehead atoms. The highest BCUT2D eigenvalue weighted by molar-refractivity contribution is 5.43. The van der Waals surface area contributed by atoms with Crippen molar-refractivity contribution in [3.63, 3.8) is 0 Å². The zero-order valence-corrected chi connectivity index (χ0v) is 11.8. The second-order valence-corrected chi connectivity index (χ2v) is 5.35. The SMILES string of the molecule is CCC(O)c1ccccc1Oc1ccc2c(c1)CCC2. The number of hydrogen-bond donors (Lipinski definition) is 1. The molecule has 0 heterocycles. The molecule has 1 atom stereocenters. The molecule has 3 rings (SSSR count). The lowest BCUT2D eigenvalue weighted by molar-refractivity contribution is 0.170. The van der Waals surface area contributed by atoms with Crippen LogP contribution in [0.5, 0.6) is 11.5 Å². The van der Waals surface area contributed by atoms with Crippen LogP contribution in [0.4, 0.5) is 0 Å². The number of hydrogen-bond acceptors (Lipinski definition) is 2. The van der Waals surface area contributed by atoms with Gasteiger partial charge in [0.2, 0.25) is 0 Å². The fourth-order valence-corrected chi connectivity index (χ4v) is 2.81. The highest BCUT2D eigenvalue weighted by atomic mass is 16.5. The maximum absolute atomic E-state index is 10.1. The Balaban J connectivity index is 1.88. The van der Waals surface area contributed by atoms with Gasteiger partial charge in [0.15, 0.2) is 0 Å². The lowest BCUT2D eigenvalue weighted by atomic mass is 10.1. The van der Waals surface area contributed by atoms with Crippen molar-refractivity contribution >= 4 is 0 Å². The third-order valence-electron chi connectivity index (χ3n) is 3.96. The average Bonchev–Trinajstić information content (AvgIpc) is 2.94. The Labute approximate surface area is 120 Å². The predicted molar refractivity (Wildman–Crippen MR) is 80.2 cm³/mol. The number of aliphatic hydroxyl groups excluding tert-OH is 1. The van der Waals surface area contributed by atoms with Crippen LogP contribution in [0.25, 0.3) is 0 Å². The van der Waals surface area contributed by atoms with Crippen LogP contribution < -0.4 is 4.74 Å². The van der Waals surface area contributed by atoms with E-state index in [2.05, 4.69) is 12.1 Å². The van der Waals surface area contributed by atoms with Crippen molar-refractivity contribution in [2.45, 2.75) is 38.7 Å². The van der Waals surface area contributed by atoms with Gasteiger partial charge in [-0.2, -0.15) is 0 Å². The van der Waals surface area contributed by atoms with Gasteiger partial charge in [0.05, 0.1) is 6.10 Å². The van der Waals surface area contributed by atoms with E-state index in [1.54, 1.807) is 0 Å². The molecule has 0 saturated heterocycles. The molecule has 2 nitrogen and oxygen atoms in total. The summed E-state index contributed by atoms with van der Waals surface area (Å²) in [5.74, 6) is 1.61. The summed E-state index contributed by atoms with van der Waals surface area (Å²) in [6.07, 6.45) is 3.78. The molecule has 2 aromatic rings. The molecule has 104 valence electrons. The molecule has 2 aromatic carbocycles. The van der Waals surface area contributed by atoms with Crippen molar-refractivity contribution in [2.24, 2.45) is 0 Å². The van der Waals surface area contributed by atoms with Crippen molar-refractivity contribution in [3.05, 3.63) is 59.2 Å². The number of aryl methyl sites for hydroxylation is 2. The Morgan fingerprint density at radius 1 is 1.10 bits per heavy atom. The molecular weight excluding hydrogens is 248 g/mol. The summed E-state index contributed by atoms with van der Waals surface area (Å²) in [4.78, 5) is 0. The van der Waals surface area contributed by atoms with Crippen molar-refractivity contribution in [3.8, 4) is 11.5 Å². The second kappa shape index (κ2) is 5.68. The van der Waals surface area contributed by atoms with E-state index in [1.807, 2.05) is 37.3 Å². The van der Waals surface area contributed by atoms with Crippen LogP contribution in [0.3, 0.4) is 0 Å². The molecule has 1 aliphatic carbocycles. The lowest BCUT2D eigenvalue weighted by Crippen LogP contribution is -1.98. The molecule has 0 fully saturated rings. The monoisotopic (exact) mass is 268 g/mol. The highest BCUT2D eigenvalue weighted by Crippen LogP contribution is 2.33. The van der Waals surface area contributed by atoms with E-state index < -0.39 is 6.10 Å². The number of aliphatic hydroxyl groups is 1. The Hall–Kier alpha value is -1.80. The summed E-state index contributed by atoms with van der Waals surface area (Å²) in [5.41, 5.74) is 3.70. The van der Waals surface area contributed by atoms with E-state index in [0.29, 0.717) is 6.42 Å². The molecule has 0 spiro atoms. The first-order valence-corrected chi connectivity index (χ1v) is 7.34. The minimum atomic E-state index is -0.472. The van der Waals surface area contributed by atoms with Gasteiger partial charge in [0, 0.05) is 5.56 Å². The average molecular weight is 268 g/mol. The number of para-hydroxylation sites is 1. The smallest absolute Gasteiger partial charge is 0.133 e. The summed E-state index contributed by atoms with van der Waals surface area (Å²) in [6.45, 7) is 1.97. The van der Waals surface area contributed by atoms with E-state index in [-0.39, 0.29) is 0 Å². The quantitative estimate of drug-likeness (QED) is 0.890. The minimum absolute atomic E-state index is 0.472. The summed E-state index contributed by atoms with van der Waals surface area (Å²) >= 11 is 0. The lowest BCUT2D eigenvalue weighted by Gasteiger charge is -2.15. The van der Waals surface area contributed by atoms with Crippen molar-refractivity contribution in [1.82, 2.24) is 0 Å². The minimum Gasteiger partial charge on any atom is -0.457 e. The third-order valence-corrected chi connectivity index (χ3v) is 3.96. The highest BCUT2D eigenvalue weighted by Gasteiger charge is 2.14. The van der Waals surface area contributed by atoms with Gasteiger partial charge >= 0.3 is 0 Å². The molecule has 0 aromatic heterocycles. The third kappa shape index (κ3) is 2.56. The Morgan fingerprint density at radius 3 is 2.75 bits per heavy atom. The topological polar surface area (TPSA) is 29.5 Å². The maximum atomic E-state index is 10.1. The number of benzene rings is 2. The standard InChI is InChI=1S/C18H20O2/c1-2-17(19)16-8-3-4-9-18(16)20-15-11-10-13-6-5-7-14(13)12-15/h3-4,8-12,17,19H,2,5-7H2,1H3. The van der Waals surface area contributed by atoms with Gasteiger partial charge in [-0.05, 0) is 55.0 Å². The molecular formula is C18H20O2. The summed E-state index contributed by atoms with van der Waals surface area (Å²) < 4.78 is 6.00. The maximum Gasteiger partial charge on any atom is 0.133 e. The van der Waals surface area contributed by atoms with Crippen LogP contribution in [0.15, 0.2) is 42.5 Å². The number of ether oxygens (including phenoxy) is 1. The molecule has 0 aliphatic heterocycles. The van der Waals surface area contributed by atoms with Crippen LogP contribution in [0.2, 0.25) is 0 Å². The van der Waals surface area contributed by atoms with E-state index in [1.165, 1.54) is 24.0 Å². The Kier molecular flexibility index (Phi) is 3.75. The number of fused-ring (bicyclic) bond motifs is 1. The molecule has 1 aliphatic rings. The molecule has 2 heteroatoms. The zero-order valence-electron chi connectivity index (χ0n) is 11.8. The Bertz CT molecular complexity index is 604. The summed E-state index contributed by atoms with van der Waals surface area (Å²) in [5, 5.41) is 10.1. The van der Waals surface area contributed by atoms with E-state index in [0.717, 1.165) is 23.5 Å². The molecule has 20 heavy (non-hydrogen) atoms. The van der Waals surface area contributed by atoms with Gasteiger partial charge in [-0.1, -0.05) is 31.2 Å². The normalized spacial score (nSPS) is 14.9. The predicted octanol–water partition coefficient (Wildman–Crippen LogP) is 4.41. The summed E-state index contributed by atoms with van der Waals surface area (Å²) in [6, 6.07) is 14.0.